The van der Waals surface area contributed by atoms with Crippen LogP contribution in [0.5, 0.6) is 11.5 Å². The van der Waals surface area contributed by atoms with Crippen molar-refractivity contribution in [3.05, 3.63) is 59.0 Å². The molecule has 0 atom stereocenters. The summed E-state index contributed by atoms with van der Waals surface area (Å²) in [5.41, 5.74) is 2.07. The molecule has 0 spiro atoms. The Hall–Kier alpha value is -3.06. The molecule has 8 heteroatoms. The maximum Gasteiger partial charge on any atom is 0.229 e. The van der Waals surface area contributed by atoms with E-state index in [0.29, 0.717) is 39.7 Å². The zero-order chi connectivity index (χ0) is 19.4. The molecule has 0 saturated heterocycles. The molecule has 0 unspecified atom stereocenters. The van der Waals surface area contributed by atoms with E-state index < -0.39 is 0 Å². The van der Waals surface area contributed by atoms with E-state index >= 15 is 0 Å². The molecule has 0 fully saturated rings. The number of aromatic nitrogens is 2. The second-order valence-corrected chi connectivity index (χ2v) is 6.07. The molecule has 3 rings (SSSR count). The summed E-state index contributed by atoms with van der Waals surface area (Å²) in [6.07, 6.45) is 0. The molecule has 0 aliphatic heterocycles. The van der Waals surface area contributed by atoms with Crippen LogP contribution in [0.1, 0.15) is 5.69 Å². The fraction of sp³-hybridized carbons (Fsp3) is 0.158. The highest BCUT2D eigenvalue weighted by Gasteiger charge is 2.12. The van der Waals surface area contributed by atoms with E-state index in [9.17, 15) is 4.39 Å². The van der Waals surface area contributed by atoms with Crippen LogP contribution in [0.3, 0.4) is 0 Å². The third kappa shape index (κ3) is 4.57. The number of benzene rings is 2. The summed E-state index contributed by atoms with van der Waals surface area (Å²) in [7, 11) is 3.09. The SMILES string of the molecule is COc1cc(Nc2cc(C)nc(Nc3ccc(F)cc3)n2)c(OC)cc1Cl. The number of halogens is 2. The first-order valence-electron chi connectivity index (χ1n) is 8.05. The third-order valence-electron chi connectivity index (χ3n) is 3.69. The van der Waals surface area contributed by atoms with Gasteiger partial charge in [0.05, 0.1) is 24.9 Å². The molecular formula is C19H18ClFN4O2. The van der Waals surface area contributed by atoms with Gasteiger partial charge in [0.15, 0.2) is 0 Å². The van der Waals surface area contributed by atoms with Crippen LogP contribution >= 0.6 is 11.6 Å². The predicted octanol–water partition coefficient (Wildman–Crippen LogP) is 5.08. The van der Waals surface area contributed by atoms with Crippen LogP contribution in [0.25, 0.3) is 0 Å². The third-order valence-corrected chi connectivity index (χ3v) is 3.99. The molecule has 0 amide bonds. The number of ether oxygens (including phenoxy) is 2. The monoisotopic (exact) mass is 388 g/mol. The second kappa shape index (κ2) is 8.09. The van der Waals surface area contributed by atoms with E-state index in [2.05, 4.69) is 20.6 Å². The Bertz CT molecular complexity index is 951. The van der Waals surface area contributed by atoms with Gasteiger partial charge in [-0.3, -0.25) is 0 Å². The van der Waals surface area contributed by atoms with Crippen LogP contribution in [-0.4, -0.2) is 24.2 Å². The molecular weight excluding hydrogens is 371 g/mol. The smallest absolute Gasteiger partial charge is 0.229 e. The van der Waals surface area contributed by atoms with Crippen LogP contribution in [-0.2, 0) is 0 Å². The summed E-state index contributed by atoms with van der Waals surface area (Å²) in [6.45, 7) is 1.85. The van der Waals surface area contributed by atoms with Crippen LogP contribution in [0.4, 0.5) is 27.5 Å². The van der Waals surface area contributed by atoms with Crippen LogP contribution in [0, 0.1) is 12.7 Å². The second-order valence-electron chi connectivity index (χ2n) is 5.66. The Morgan fingerprint density at radius 2 is 1.63 bits per heavy atom. The van der Waals surface area contributed by atoms with Gasteiger partial charge < -0.3 is 20.1 Å². The molecule has 1 heterocycles. The summed E-state index contributed by atoms with van der Waals surface area (Å²) in [5, 5.41) is 6.68. The molecule has 0 aliphatic carbocycles. The number of aryl methyl sites for hydroxylation is 1. The molecule has 1 aromatic heterocycles. The van der Waals surface area contributed by atoms with Crippen molar-refractivity contribution in [1.82, 2.24) is 9.97 Å². The standard InChI is InChI=1S/C19H18ClFN4O2/c1-11-8-18(24-15-10-16(26-2)14(20)9-17(15)27-3)25-19(22-11)23-13-6-4-12(21)5-7-13/h4-10H,1-3H3,(H2,22,23,24,25). The van der Waals surface area contributed by atoms with Gasteiger partial charge in [-0.25, -0.2) is 9.37 Å². The van der Waals surface area contributed by atoms with Crippen molar-refractivity contribution in [3.8, 4) is 11.5 Å². The number of hydrogen-bond donors (Lipinski definition) is 2. The molecule has 3 aromatic rings. The fourth-order valence-electron chi connectivity index (χ4n) is 2.45. The minimum Gasteiger partial charge on any atom is -0.495 e. The van der Waals surface area contributed by atoms with Crippen LogP contribution in [0.2, 0.25) is 5.02 Å². The first kappa shape index (κ1) is 18.7. The largest absolute Gasteiger partial charge is 0.495 e. The highest BCUT2D eigenvalue weighted by atomic mass is 35.5. The normalized spacial score (nSPS) is 10.4. The molecule has 2 aromatic carbocycles. The lowest BCUT2D eigenvalue weighted by atomic mass is 10.2. The van der Waals surface area contributed by atoms with Crippen molar-refractivity contribution >= 4 is 34.7 Å². The van der Waals surface area contributed by atoms with Gasteiger partial charge in [-0.2, -0.15) is 4.98 Å². The van der Waals surface area contributed by atoms with Gasteiger partial charge >= 0.3 is 0 Å². The highest BCUT2D eigenvalue weighted by molar-refractivity contribution is 6.32. The molecule has 27 heavy (non-hydrogen) atoms. The Morgan fingerprint density at radius 1 is 0.926 bits per heavy atom. The Kier molecular flexibility index (Phi) is 5.61. The number of rotatable bonds is 6. The van der Waals surface area contributed by atoms with E-state index in [1.165, 1.54) is 19.2 Å². The van der Waals surface area contributed by atoms with Gasteiger partial charge in [0, 0.05) is 29.6 Å². The number of hydrogen-bond acceptors (Lipinski definition) is 6. The van der Waals surface area contributed by atoms with Crippen molar-refractivity contribution in [3.63, 3.8) is 0 Å². The van der Waals surface area contributed by atoms with Crippen LogP contribution in [0.15, 0.2) is 42.5 Å². The molecule has 0 bridgehead atoms. The molecule has 0 radical (unpaired) electrons. The van der Waals surface area contributed by atoms with E-state index in [4.69, 9.17) is 21.1 Å². The lowest BCUT2D eigenvalue weighted by Crippen LogP contribution is -2.03. The first-order valence-corrected chi connectivity index (χ1v) is 8.43. The maximum atomic E-state index is 13.1. The Labute approximate surface area is 161 Å². The van der Waals surface area contributed by atoms with Gasteiger partial charge in [-0.05, 0) is 31.2 Å². The van der Waals surface area contributed by atoms with E-state index in [1.54, 1.807) is 37.4 Å². The highest BCUT2D eigenvalue weighted by Crippen LogP contribution is 2.37. The number of anilines is 4. The number of nitrogens with one attached hydrogen (secondary N) is 2. The first-order chi connectivity index (χ1) is 13.0. The minimum absolute atomic E-state index is 0.308. The van der Waals surface area contributed by atoms with Gasteiger partial charge in [-0.1, -0.05) is 11.6 Å². The van der Waals surface area contributed by atoms with Gasteiger partial charge in [0.1, 0.15) is 23.1 Å². The molecule has 2 N–H and O–H groups in total. The minimum atomic E-state index is -0.308. The average molecular weight is 389 g/mol. The lowest BCUT2D eigenvalue weighted by Gasteiger charge is -2.14. The van der Waals surface area contributed by atoms with E-state index in [1.807, 2.05) is 6.92 Å². The molecule has 0 saturated carbocycles. The molecule has 140 valence electrons. The number of nitrogens with zero attached hydrogens (tertiary/aromatic N) is 2. The molecule has 6 nitrogen and oxygen atoms in total. The van der Waals surface area contributed by atoms with Gasteiger partial charge in [0.2, 0.25) is 5.95 Å². The fourth-order valence-corrected chi connectivity index (χ4v) is 2.68. The zero-order valence-corrected chi connectivity index (χ0v) is 15.8. The van der Waals surface area contributed by atoms with Gasteiger partial charge in [0.25, 0.3) is 0 Å². The summed E-state index contributed by atoms with van der Waals surface area (Å²) < 4.78 is 23.7. The van der Waals surface area contributed by atoms with Crippen molar-refractivity contribution in [2.45, 2.75) is 6.92 Å². The number of methoxy groups -OCH3 is 2. The van der Waals surface area contributed by atoms with Crippen molar-refractivity contribution in [1.29, 1.82) is 0 Å². The summed E-state index contributed by atoms with van der Waals surface area (Å²) >= 11 is 6.14. The Morgan fingerprint density at radius 3 is 2.30 bits per heavy atom. The van der Waals surface area contributed by atoms with E-state index in [0.717, 1.165) is 5.69 Å². The maximum absolute atomic E-state index is 13.1. The zero-order valence-electron chi connectivity index (χ0n) is 15.0. The summed E-state index contributed by atoms with van der Waals surface area (Å²) in [4.78, 5) is 8.79. The molecule has 0 aliphatic rings. The Balaban J connectivity index is 1.89. The summed E-state index contributed by atoms with van der Waals surface area (Å²) in [6, 6.07) is 11.1. The van der Waals surface area contributed by atoms with Crippen molar-refractivity contribution in [2.24, 2.45) is 0 Å². The average Bonchev–Trinajstić information content (AvgIpc) is 2.64. The topological polar surface area (TPSA) is 68.3 Å². The predicted molar refractivity (Wildman–Crippen MR) is 104 cm³/mol. The van der Waals surface area contributed by atoms with Crippen molar-refractivity contribution < 1.29 is 13.9 Å². The van der Waals surface area contributed by atoms with Crippen LogP contribution < -0.4 is 20.1 Å². The van der Waals surface area contributed by atoms with Crippen molar-refractivity contribution in [2.75, 3.05) is 24.9 Å². The lowest BCUT2D eigenvalue weighted by molar-refractivity contribution is 0.405. The quantitative estimate of drug-likeness (QED) is 0.613. The van der Waals surface area contributed by atoms with E-state index in [-0.39, 0.29) is 5.82 Å². The summed E-state index contributed by atoms with van der Waals surface area (Å²) in [5.74, 6) is 1.68. The van der Waals surface area contributed by atoms with Gasteiger partial charge in [-0.15, -0.1) is 0 Å².